The number of nitrogens with two attached hydrogens (primary N) is 1. The van der Waals surface area contributed by atoms with Crippen molar-refractivity contribution in [2.75, 3.05) is 6.54 Å². The van der Waals surface area contributed by atoms with Gasteiger partial charge in [0, 0.05) is 12.5 Å². The fraction of sp³-hybridized carbons (Fsp3) is 1.00. The van der Waals surface area contributed by atoms with Crippen LogP contribution in [0, 0.1) is 11.8 Å². The Kier molecular flexibility index (Phi) is 2.60. The van der Waals surface area contributed by atoms with Crippen LogP contribution in [0.25, 0.3) is 0 Å². The Labute approximate surface area is 59.6 Å². The Bertz CT molecular complexity index is 102. The number of hydrogen-bond donors (Lipinski definition) is 1. The molecule has 1 fully saturated rings. The molecule has 60 valence electrons. The minimum absolute atomic E-state index is 0.141. The highest BCUT2D eigenvalue weighted by Gasteiger charge is 2.32. The lowest BCUT2D eigenvalue weighted by molar-refractivity contribution is 0.0231. The molecule has 0 saturated heterocycles. The largest absolute Gasteiger partial charge is 0.330 e. The predicted molar refractivity (Wildman–Crippen MR) is 35.9 cm³/mol. The van der Waals surface area contributed by atoms with Gasteiger partial charge in [0.25, 0.3) is 0 Å². The molecule has 0 radical (unpaired) electrons. The van der Waals surface area contributed by atoms with Crippen LogP contribution in [-0.2, 0) is 0 Å². The molecule has 0 spiro atoms. The second kappa shape index (κ2) is 3.28. The van der Waals surface area contributed by atoms with Gasteiger partial charge < -0.3 is 5.73 Å². The van der Waals surface area contributed by atoms with Crippen LogP contribution in [0.5, 0.6) is 0 Å². The van der Waals surface area contributed by atoms with Gasteiger partial charge in [-0.15, -0.1) is 0 Å². The van der Waals surface area contributed by atoms with E-state index >= 15 is 0 Å². The minimum Gasteiger partial charge on any atom is -0.330 e. The maximum Gasteiger partial charge on any atom is 0.242 e. The maximum atomic E-state index is 12.1. The second-order valence-electron chi connectivity index (χ2n) is 2.92. The van der Waals surface area contributed by atoms with Crippen molar-refractivity contribution in [2.45, 2.75) is 25.7 Å². The first-order valence-electron chi connectivity index (χ1n) is 3.74. The van der Waals surface area contributed by atoms with Crippen LogP contribution in [0.1, 0.15) is 19.3 Å². The van der Waals surface area contributed by atoms with Crippen molar-refractivity contribution in [3.63, 3.8) is 0 Å². The van der Waals surface area contributed by atoms with Gasteiger partial charge in [-0.25, -0.2) is 8.78 Å². The van der Waals surface area contributed by atoms with Gasteiger partial charge in [0.05, 0.1) is 0 Å². The van der Waals surface area contributed by atoms with E-state index in [9.17, 15) is 8.78 Å². The lowest BCUT2D eigenvalue weighted by Crippen LogP contribution is -2.33. The molecule has 1 saturated carbocycles. The van der Waals surface area contributed by atoms with Crippen molar-refractivity contribution in [1.82, 2.24) is 0 Å². The van der Waals surface area contributed by atoms with Crippen LogP contribution in [0.15, 0.2) is 0 Å². The van der Waals surface area contributed by atoms with Crippen LogP contribution < -0.4 is 5.73 Å². The van der Waals surface area contributed by atoms with E-state index in [1.165, 1.54) is 0 Å². The molecule has 1 aliphatic rings. The minimum atomic E-state index is -2.21. The zero-order valence-corrected chi connectivity index (χ0v) is 5.89. The third-order valence-corrected chi connectivity index (χ3v) is 2.35. The molecule has 1 nitrogen and oxygen atoms in total. The highest BCUT2D eigenvalue weighted by molar-refractivity contribution is 4.79. The third-order valence-electron chi connectivity index (χ3n) is 2.35. The summed E-state index contributed by atoms with van der Waals surface area (Å²) in [5.74, 6) is -0.321. The highest BCUT2D eigenvalue weighted by Crippen LogP contribution is 2.35. The topological polar surface area (TPSA) is 26.0 Å². The molecule has 2 N–H and O–H groups in total. The van der Waals surface area contributed by atoms with E-state index in [0.29, 0.717) is 0 Å². The molecule has 0 aliphatic heterocycles. The molecule has 0 amide bonds. The third kappa shape index (κ3) is 1.45. The summed E-state index contributed by atoms with van der Waals surface area (Å²) in [6, 6.07) is 0. The van der Waals surface area contributed by atoms with E-state index in [1.54, 1.807) is 0 Å². The van der Waals surface area contributed by atoms with Crippen molar-refractivity contribution < 1.29 is 8.78 Å². The summed E-state index contributed by atoms with van der Waals surface area (Å²) in [7, 11) is 0. The van der Waals surface area contributed by atoms with Gasteiger partial charge in [0.1, 0.15) is 0 Å². The van der Waals surface area contributed by atoms with Crippen LogP contribution in [0.3, 0.4) is 0 Å². The molecular formula is C7H13F2N. The normalized spacial score (nSPS) is 22.8. The van der Waals surface area contributed by atoms with E-state index in [2.05, 4.69) is 0 Å². The Balaban J connectivity index is 2.31. The van der Waals surface area contributed by atoms with Crippen LogP contribution in [-0.4, -0.2) is 13.0 Å². The summed E-state index contributed by atoms with van der Waals surface area (Å²) in [5.41, 5.74) is 5.20. The molecule has 0 aromatic carbocycles. The number of alkyl halides is 2. The van der Waals surface area contributed by atoms with Gasteiger partial charge in [-0.05, 0) is 18.8 Å². The van der Waals surface area contributed by atoms with Gasteiger partial charge in [-0.1, -0.05) is 6.42 Å². The van der Waals surface area contributed by atoms with Gasteiger partial charge >= 0.3 is 0 Å². The van der Waals surface area contributed by atoms with E-state index < -0.39 is 12.3 Å². The number of rotatable bonds is 3. The molecule has 0 bridgehead atoms. The monoisotopic (exact) mass is 149 g/mol. The average Bonchev–Trinajstić information content (AvgIpc) is 1.76. The average molecular weight is 149 g/mol. The second-order valence-corrected chi connectivity index (χ2v) is 2.92. The van der Waals surface area contributed by atoms with E-state index in [1.807, 2.05) is 0 Å². The molecule has 0 heterocycles. The Morgan fingerprint density at radius 1 is 1.40 bits per heavy atom. The predicted octanol–water partition coefficient (Wildman–Crippen LogP) is 1.63. The Morgan fingerprint density at radius 2 is 2.00 bits per heavy atom. The van der Waals surface area contributed by atoms with Crippen molar-refractivity contribution in [3.05, 3.63) is 0 Å². The molecular weight excluding hydrogens is 136 g/mol. The van der Waals surface area contributed by atoms with Crippen molar-refractivity contribution in [1.29, 1.82) is 0 Å². The molecule has 10 heavy (non-hydrogen) atoms. The number of halogens is 2. The number of hydrogen-bond acceptors (Lipinski definition) is 1. The molecule has 0 aromatic heterocycles. The highest BCUT2D eigenvalue weighted by atomic mass is 19.3. The van der Waals surface area contributed by atoms with E-state index in [4.69, 9.17) is 5.73 Å². The summed E-state index contributed by atoms with van der Waals surface area (Å²) >= 11 is 0. The quantitative estimate of drug-likeness (QED) is 0.648. The van der Waals surface area contributed by atoms with Crippen molar-refractivity contribution >= 4 is 0 Å². The van der Waals surface area contributed by atoms with Crippen molar-refractivity contribution in [2.24, 2.45) is 17.6 Å². The standard InChI is InChI=1S/C7H13F2N/c8-7(9)6(4-10)5-2-1-3-5/h5-7H,1-4,10H2. The molecule has 1 unspecified atom stereocenters. The van der Waals surface area contributed by atoms with Gasteiger partial charge in [-0.2, -0.15) is 0 Å². The van der Waals surface area contributed by atoms with Gasteiger partial charge in [-0.3, -0.25) is 0 Å². The summed E-state index contributed by atoms with van der Waals surface area (Å²) < 4.78 is 24.2. The lowest BCUT2D eigenvalue weighted by atomic mass is 9.76. The van der Waals surface area contributed by atoms with E-state index in [0.717, 1.165) is 19.3 Å². The summed E-state index contributed by atoms with van der Waals surface area (Å²) in [6.07, 6.45) is 0.794. The van der Waals surface area contributed by atoms with Gasteiger partial charge in [0.15, 0.2) is 0 Å². The smallest absolute Gasteiger partial charge is 0.242 e. The molecule has 1 rings (SSSR count). The first kappa shape index (κ1) is 7.92. The van der Waals surface area contributed by atoms with Crippen LogP contribution in [0.2, 0.25) is 0 Å². The van der Waals surface area contributed by atoms with Gasteiger partial charge in [0.2, 0.25) is 6.43 Å². The van der Waals surface area contributed by atoms with E-state index in [-0.39, 0.29) is 12.5 Å². The molecule has 1 atom stereocenters. The maximum absolute atomic E-state index is 12.1. The zero-order chi connectivity index (χ0) is 7.56. The zero-order valence-electron chi connectivity index (χ0n) is 5.89. The summed E-state index contributed by atoms with van der Waals surface area (Å²) in [4.78, 5) is 0. The molecule has 3 heteroatoms. The first-order valence-corrected chi connectivity index (χ1v) is 3.74. The SMILES string of the molecule is NCC(C(F)F)C1CCC1. The summed E-state index contributed by atoms with van der Waals surface area (Å²) in [5, 5.41) is 0. The Hall–Kier alpha value is -0.180. The van der Waals surface area contributed by atoms with Crippen LogP contribution in [0.4, 0.5) is 8.78 Å². The fourth-order valence-electron chi connectivity index (χ4n) is 1.37. The fourth-order valence-corrected chi connectivity index (χ4v) is 1.37. The van der Waals surface area contributed by atoms with Crippen LogP contribution >= 0.6 is 0 Å². The molecule has 0 aromatic rings. The lowest BCUT2D eigenvalue weighted by Gasteiger charge is -2.32. The Morgan fingerprint density at radius 3 is 2.10 bits per heavy atom. The summed E-state index contributed by atoms with van der Waals surface area (Å²) in [6.45, 7) is 0.141. The van der Waals surface area contributed by atoms with Crippen molar-refractivity contribution in [3.8, 4) is 0 Å². The molecule has 1 aliphatic carbocycles. The first-order chi connectivity index (χ1) is 4.75.